The lowest BCUT2D eigenvalue weighted by atomic mass is 9.98. The Morgan fingerprint density at radius 2 is 1.10 bits per heavy atom. The van der Waals surface area contributed by atoms with Crippen molar-refractivity contribution in [3.05, 3.63) is 29.8 Å². The first-order valence-corrected chi connectivity index (χ1v) is 30.3. The first kappa shape index (κ1) is 77.1. The first-order chi connectivity index (χ1) is 42.2. The predicted octanol–water partition coefficient (Wildman–Crippen LogP) is -4.46. The molecule has 1 aliphatic rings. The number of nitrogens with two attached hydrogens (primary N) is 1. The number of nitrogens with one attached hydrogen (secondary N) is 10. The van der Waals surface area contributed by atoms with Crippen molar-refractivity contribution < 1.29 is 102 Å². The first-order valence-electron chi connectivity index (χ1n) is 28.9. The van der Waals surface area contributed by atoms with Crippen LogP contribution in [0.3, 0.4) is 0 Å². The van der Waals surface area contributed by atoms with Crippen LogP contribution in [0.2, 0.25) is 0 Å². The standard InChI is InChI=1S/C56H84N12O21S/c1-8-10-32(46(79)55(88)58-25-40(72)60-35(20-22-90-7)49(82)64-37(24-43(77)78)52(85)63-36(23-30-12-14-31(71)15-13-30)51(84)65-38(26-69)47(57)80)61-53(86)39-11-9-21-68(39)56(89)45(28(4)5)67-54(87)44(27(2)3)66-50(83)34(17-19-42(75)76)62-48(81)33(59-29(6)70)16-18-41(73)74/h12-15,27-28,32-39,44-45,69,71H,8-11,16-26H2,1-7H3,(H2,57,80)(H,58,88)(H,59,70)(H,60,72)(H,61,86)(H,62,81)(H,63,85)(H,64,82)(H,65,84)(H,66,83)(H,67,87)(H,73,74)(H,75,76)(H,77,78)/t32-,33-,34-,35+,36-,37+,38-,39?,44-,45-/m0/s1. The molecular formula is C56H84N12O21S. The van der Waals surface area contributed by atoms with Crippen LogP contribution in [0.25, 0.3) is 0 Å². The minimum Gasteiger partial charge on any atom is -0.508 e. The van der Waals surface area contributed by atoms with Gasteiger partial charge in [-0.15, -0.1) is 0 Å². The van der Waals surface area contributed by atoms with Crippen molar-refractivity contribution in [2.45, 2.75) is 173 Å². The molecule has 1 aromatic carbocycles. The second kappa shape index (κ2) is 38.5. The van der Waals surface area contributed by atoms with E-state index in [1.165, 1.54) is 40.9 Å². The minimum absolute atomic E-state index is 0.00996. The predicted molar refractivity (Wildman–Crippen MR) is 317 cm³/mol. The third-order valence-electron chi connectivity index (χ3n) is 13.9. The summed E-state index contributed by atoms with van der Waals surface area (Å²) in [4.78, 5) is 210. The van der Waals surface area contributed by atoms with Gasteiger partial charge in [0.2, 0.25) is 70.8 Å². The highest BCUT2D eigenvalue weighted by atomic mass is 32.2. The van der Waals surface area contributed by atoms with Crippen molar-refractivity contribution in [3.8, 4) is 5.75 Å². The Balaban J connectivity index is 2.24. The summed E-state index contributed by atoms with van der Waals surface area (Å²) in [6.07, 6.45) is -1.36. The topological polar surface area (TPSA) is 524 Å². The van der Waals surface area contributed by atoms with Crippen LogP contribution in [0.15, 0.2) is 24.3 Å². The van der Waals surface area contributed by atoms with Crippen molar-refractivity contribution >= 4 is 106 Å². The van der Waals surface area contributed by atoms with Crippen LogP contribution in [-0.4, -0.2) is 217 Å². The van der Waals surface area contributed by atoms with E-state index in [0.29, 0.717) is 5.56 Å². The zero-order chi connectivity index (χ0) is 68.1. The van der Waals surface area contributed by atoms with Crippen LogP contribution in [-0.2, 0) is 83.1 Å². The molecule has 1 fully saturated rings. The molecular weight excluding hydrogens is 1210 g/mol. The summed E-state index contributed by atoms with van der Waals surface area (Å²) in [6, 6.07) is -9.71. The summed E-state index contributed by atoms with van der Waals surface area (Å²) in [5.41, 5.74) is 5.60. The van der Waals surface area contributed by atoms with Gasteiger partial charge in [-0.1, -0.05) is 53.2 Å². The summed E-state index contributed by atoms with van der Waals surface area (Å²) >= 11 is 1.24. The highest BCUT2D eigenvalue weighted by molar-refractivity contribution is 7.98. The van der Waals surface area contributed by atoms with Crippen LogP contribution in [0, 0.1) is 11.8 Å². The SMILES string of the molecule is CCC[C@H](NC(=O)C1CCCN1C(=O)[C@@H](NC(=O)[C@@H](NC(=O)[C@H](CCC(=O)O)NC(=O)[C@H](CCC(=O)O)NC(C)=O)C(C)C)C(C)C)C(=O)C(=O)NCC(=O)N[C@H](CCSC)C(=O)N[C@H](CC(=O)O)C(=O)N[C@@H](Cc1ccc(O)cc1)C(=O)N[C@@H](CO)C(N)=O. The number of phenols is 1. The molecule has 0 saturated carbocycles. The number of Topliss-reactive ketones (excluding diaryl/α,β-unsaturated/α-hetero) is 1. The van der Waals surface area contributed by atoms with E-state index in [1.807, 2.05) is 0 Å². The molecule has 1 saturated heterocycles. The Kier molecular flexibility index (Phi) is 33.0. The highest BCUT2D eigenvalue weighted by Gasteiger charge is 2.42. The molecule has 1 heterocycles. The number of carboxylic acid groups (broad SMARTS) is 3. The lowest BCUT2D eigenvalue weighted by Gasteiger charge is -2.33. The molecule has 1 unspecified atom stereocenters. The van der Waals surface area contributed by atoms with Crippen molar-refractivity contribution in [1.29, 1.82) is 0 Å². The molecule has 0 spiro atoms. The number of benzene rings is 1. The number of carbonyl (C=O) groups is 16. The number of phenolic OH excluding ortho intramolecular Hbond substituents is 1. The Morgan fingerprint density at radius 1 is 0.600 bits per heavy atom. The van der Waals surface area contributed by atoms with Crippen molar-refractivity contribution in [3.63, 3.8) is 0 Å². The molecule has 1 aliphatic heterocycles. The molecule has 1 aromatic rings. The lowest BCUT2D eigenvalue weighted by molar-refractivity contribution is -0.144. The maximum absolute atomic E-state index is 14.4. The highest BCUT2D eigenvalue weighted by Crippen LogP contribution is 2.22. The largest absolute Gasteiger partial charge is 0.508 e. The van der Waals surface area contributed by atoms with E-state index >= 15 is 0 Å². The summed E-state index contributed by atoms with van der Waals surface area (Å²) in [7, 11) is 0. The third-order valence-corrected chi connectivity index (χ3v) is 14.5. The number of aromatic hydroxyl groups is 1. The van der Waals surface area contributed by atoms with Crippen molar-refractivity contribution in [2.75, 3.05) is 31.7 Å². The number of ketones is 1. The number of rotatable bonds is 40. The van der Waals surface area contributed by atoms with Gasteiger partial charge in [-0.25, -0.2) is 0 Å². The summed E-state index contributed by atoms with van der Waals surface area (Å²) in [5.74, 6) is -18.7. The smallest absolute Gasteiger partial charge is 0.305 e. The molecule has 34 heteroatoms. The van der Waals surface area contributed by atoms with E-state index in [4.69, 9.17) is 10.8 Å². The maximum atomic E-state index is 14.4. The molecule has 17 N–H and O–H groups in total. The van der Waals surface area contributed by atoms with E-state index in [9.17, 15) is 97.1 Å². The van der Waals surface area contributed by atoms with Crippen LogP contribution >= 0.6 is 11.8 Å². The number of carbonyl (C=O) groups excluding carboxylic acids is 13. The monoisotopic (exact) mass is 1290 g/mol. The fourth-order valence-electron chi connectivity index (χ4n) is 9.08. The van der Waals surface area contributed by atoms with E-state index in [-0.39, 0.29) is 63.0 Å². The maximum Gasteiger partial charge on any atom is 0.305 e. The Bertz CT molecular complexity index is 2770. The second-order valence-electron chi connectivity index (χ2n) is 21.9. The molecule has 0 aliphatic carbocycles. The Labute approximate surface area is 522 Å². The zero-order valence-electron chi connectivity index (χ0n) is 51.0. The number of primary amides is 1. The number of hydrogen-bond donors (Lipinski definition) is 16. The third kappa shape index (κ3) is 26.4. The molecule has 500 valence electrons. The number of nitrogens with zero attached hydrogens (tertiary/aromatic N) is 1. The number of carboxylic acids is 3. The minimum atomic E-state index is -1.90. The number of likely N-dealkylation sites (tertiary alicyclic amines) is 1. The summed E-state index contributed by atoms with van der Waals surface area (Å²) < 4.78 is 0. The molecule has 0 aromatic heterocycles. The van der Waals surface area contributed by atoms with Crippen LogP contribution in [0.4, 0.5) is 0 Å². The number of aliphatic hydroxyl groups excluding tert-OH is 1. The fraction of sp³-hybridized carbons (Fsp3) is 0.607. The number of thioether (sulfide) groups is 1. The lowest BCUT2D eigenvalue weighted by Crippen LogP contribution is -2.61. The van der Waals surface area contributed by atoms with Gasteiger partial charge in [0.15, 0.2) is 0 Å². The van der Waals surface area contributed by atoms with Crippen LogP contribution < -0.4 is 58.9 Å². The van der Waals surface area contributed by atoms with E-state index in [1.54, 1.807) is 40.9 Å². The van der Waals surface area contributed by atoms with Gasteiger partial charge in [0.1, 0.15) is 60.1 Å². The van der Waals surface area contributed by atoms with Gasteiger partial charge in [-0.3, -0.25) is 76.7 Å². The molecule has 33 nitrogen and oxygen atoms in total. The van der Waals surface area contributed by atoms with Gasteiger partial charge in [0, 0.05) is 32.7 Å². The summed E-state index contributed by atoms with van der Waals surface area (Å²) in [6.45, 7) is 7.16. The Hall–Kier alpha value is -8.95. The van der Waals surface area contributed by atoms with Crippen molar-refractivity contribution in [2.24, 2.45) is 17.6 Å². The average Bonchev–Trinajstić information content (AvgIpc) is 2.22. The number of aliphatic hydroxyl groups is 1. The number of amides is 12. The average molecular weight is 1290 g/mol. The normalized spacial score (nSPS) is 15.7. The van der Waals surface area contributed by atoms with Gasteiger partial charge >= 0.3 is 17.9 Å². The fourth-order valence-corrected chi connectivity index (χ4v) is 9.56. The Morgan fingerprint density at radius 3 is 1.61 bits per heavy atom. The number of aliphatic carboxylic acids is 3. The van der Waals surface area contributed by atoms with Crippen molar-refractivity contribution in [1.82, 2.24) is 58.1 Å². The van der Waals surface area contributed by atoms with Gasteiger partial charge < -0.3 is 89.3 Å². The molecule has 0 radical (unpaired) electrons. The molecule has 0 bridgehead atoms. The second-order valence-corrected chi connectivity index (χ2v) is 22.9. The van der Waals surface area contributed by atoms with E-state index in [2.05, 4.69) is 53.2 Å². The number of hydrogen-bond acceptors (Lipinski definition) is 19. The molecule has 2 rings (SSSR count). The van der Waals surface area contributed by atoms with Gasteiger partial charge in [-0.2, -0.15) is 11.8 Å². The van der Waals surface area contributed by atoms with E-state index in [0.717, 1.165) is 6.92 Å². The molecule has 10 atom stereocenters. The quantitative estimate of drug-likeness (QED) is 0.0276. The van der Waals surface area contributed by atoms with Crippen LogP contribution in [0.5, 0.6) is 5.75 Å². The molecule has 90 heavy (non-hydrogen) atoms. The van der Waals surface area contributed by atoms with Gasteiger partial charge in [0.05, 0.1) is 25.6 Å². The van der Waals surface area contributed by atoms with Crippen LogP contribution in [0.1, 0.15) is 111 Å². The summed E-state index contributed by atoms with van der Waals surface area (Å²) in [5, 5.41) is 71.1. The van der Waals surface area contributed by atoms with Gasteiger partial charge in [-0.05, 0) is 80.1 Å². The van der Waals surface area contributed by atoms with E-state index < -0.39 is 206 Å². The molecule has 12 amide bonds. The zero-order valence-corrected chi connectivity index (χ0v) is 51.9. The van der Waals surface area contributed by atoms with Gasteiger partial charge in [0.25, 0.3) is 5.91 Å².